The molecule has 1 aliphatic heterocycles. The van der Waals surface area contributed by atoms with Crippen molar-refractivity contribution >= 4 is 39.4 Å². The number of nitrogens with zero attached hydrogens (tertiary/aromatic N) is 6. The van der Waals surface area contributed by atoms with Crippen molar-refractivity contribution < 1.29 is 4.79 Å². The average molecular weight is 456 g/mol. The third-order valence-electron chi connectivity index (χ3n) is 5.96. The normalized spacial score (nSPS) is 21.0. The van der Waals surface area contributed by atoms with Gasteiger partial charge in [0.2, 0.25) is 11.0 Å². The highest BCUT2D eigenvalue weighted by atomic mass is 32.1. The molecule has 3 aromatic heterocycles. The molecule has 2 fully saturated rings. The monoisotopic (exact) mass is 455 g/mol. The lowest BCUT2D eigenvalue weighted by Gasteiger charge is -2.33. The van der Waals surface area contributed by atoms with Crippen molar-refractivity contribution in [2.24, 2.45) is 0 Å². The van der Waals surface area contributed by atoms with E-state index in [-0.39, 0.29) is 12.3 Å². The van der Waals surface area contributed by atoms with Crippen LogP contribution in [-0.2, 0) is 11.2 Å². The van der Waals surface area contributed by atoms with Crippen molar-refractivity contribution in [2.75, 3.05) is 23.3 Å². The van der Waals surface area contributed by atoms with Crippen molar-refractivity contribution in [2.45, 2.75) is 57.3 Å². The minimum atomic E-state index is -0.109. The Labute approximate surface area is 189 Å². The van der Waals surface area contributed by atoms with Crippen molar-refractivity contribution in [3.05, 3.63) is 39.0 Å². The van der Waals surface area contributed by atoms with E-state index in [2.05, 4.69) is 35.6 Å². The van der Waals surface area contributed by atoms with Crippen molar-refractivity contribution in [1.29, 1.82) is 0 Å². The van der Waals surface area contributed by atoms with Gasteiger partial charge in [-0.15, -0.1) is 31.7 Å². The molecule has 1 saturated carbocycles. The highest BCUT2D eigenvalue weighted by molar-refractivity contribution is 7.15. The Bertz CT molecular complexity index is 1060. The van der Waals surface area contributed by atoms with Gasteiger partial charge in [0.25, 0.3) is 0 Å². The van der Waals surface area contributed by atoms with E-state index in [9.17, 15) is 4.79 Å². The SMILES string of the molecule is Cc1nnc([C@H]2CCC[C@H](c3nnc(NC(=O)Cc4cc(N5CCC5)ccn4)s3)C2)s1. The summed E-state index contributed by atoms with van der Waals surface area (Å²) < 4.78 is 0. The number of pyridine rings is 1. The lowest BCUT2D eigenvalue weighted by atomic mass is 9.82. The van der Waals surface area contributed by atoms with Crippen LogP contribution in [-0.4, -0.2) is 44.4 Å². The molecule has 2 aliphatic rings. The van der Waals surface area contributed by atoms with E-state index >= 15 is 0 Å². The summed E-state index contributed by atoms with van der Waals surface area (Å²) in [5.74, 6) is 0.694. The molecule has 0 radical (unpaired) electrons. The second-order valence-electron chi connectivity index (χ2n) is 8.24. The number of carbonyl (C=O) groups excluding carboxylic acids is 1. The van der Waals surface area contributed by atoms with Crippen LogP contribution in [0.1, 0.15) is 64.7 Å². The van der Waals surface area contributed by atoms with E-state index in [0.717, 1.165) is 65.2 Å². The Morgan fingerprint density at radius 3 is 2.58 bits per heavy atom. The van der Waals surface area contributed by atoms with Crippen LogP contribution < -0.4 is 10.2 Å². The summed E-state index contributed by atoms with van der Waals surface area (Å²) in [5.41, 5.74) is 1.91. The van der Waals surface area contributed by atoms with Crippen LogP contribution >= 0.6 is 22.7 Å². The zero-order valence-corrected chi connectivity index (χ0v) is 19.1. The first-order valence-electron chi connectivity index (χ1n) is 10.8. The van der Waals surface area contributed by atoms with Gasteiger partial charge in [-0.05, 0) is 44.7 Å². The van der Waals surface area contributed by atoms with E-state index in [1.807, 2.05) is 19.1 Å². The van der Waals surface area contributed by atoms with E-state index in [0.29, 0.717) is 17.0 Å². The van der Waals surface area contributed by atoms with Crippen molar-refractivity contribution in [3.63, 3.8) is 0 Å². The van der Waals surface area contributed by atoms with Gasteiger partial charge in [0.1, 0.15) is 15.0 Å². The molecule has 10 heteroatoms. The fourth-order valence-corrected chi connectivity index (χ4v) is 5.98. The van der Waals surface area contributed by atoms with Gasteiger partial charge in [0, 0.05) is 36.8 Å². The summed E-state index contributed by atoms with van der Waals surface area (Å²) in [6.45, 7) is 4.14. The van der Waals surface area contributed by atoms with Crippen LogP contribution in [0.2, 0.25) is 0 Å². The van der Waals surface area contributed by atoms with Crippen LogP contribution in [0.3, 0.4) is 0 Å². The Morgan fingerprint density at radius 1 is 1.10 bits per heavy atom. The quantitative estimate of drug-likeness (QED) is 0.601. The molecule has 162 valence electrons. The van der Waals surface area contributed by atoms with Crippen molar-refractivity contribution in [3.8, 4) is 0 Å². The molecule has 1 saturated heterocycles. The van der Waals surface area contributed by atoms with Crippen LogP contribution in [0.5, 0.6) is 0 Å². The number of hydrogen-bond acceptors (Lipinski definition) is 9. The number of nitrogens with one attached hydrogen (secondary N) is 1. The fourth-order valence-electron chi connectivity index (χ4n) is 4.23. The molecule has 0 bridgehead atoms. The Kier molecular flexibility index (Phi) is 5.91. The van der Waals surface area contributed by atoms with E-state index in [1.165, 1.54) is 17.8 Å². The molecule has 0 spiro atoms. The van der Waals surface area contributed by atoms with Gasteiger partial charge in [0.15, 0.2) is 0 Å². The molecule has 1 amide bonds. The smallest absolute Gasteiger partial charge is 0.232 e. The Morgan fingerprint density at radius 2 is 1.87 bits per heavy atom. The summed E-state index contributed by atoms with van der Waals surface area (Å²) in [4.78, 5) is 19.2. The Balaban J connectivity index is 1.19. The summed E-state index contributed by atoms with van der Waals surface area (Å²) in [6, 6.07) is 4.00. The second-order valence-corrected chi connectivity index (χ2v) is 10.5. The van der Waals surface area contributed by atoms with Crippen LogP contribution in [0.15, 0.2) is 18.3 Å². The molecule has 8 nitrogen and oxygen atoms in total. The maximum atomic E-state index is 12.5. The predicted octanol–water partition coefficient (Wildman–Crippen LogP) is 3.93. The minimum Gasteiger partial charge on any atom is -0.371 e. The molecule has 2 atom stereocenters. The molecule has 0 aromatic carbocycles. The van der Waals surface area contributed by atoms with E-state index < -0.39 is 0 Å². The van der Waals surface area contributed by atoms with Crippen molar-refractivity contribution in [1.82, 2.24) is 25.4 Å². The van der Waals surface area contributed by atoms with E-state index in [4.69, 9.17) is 0 Å². The first-order valence-corrected chi connectivity index (χ1v) is 12.4. The summed E-state index contributed by atoms with van der Waals surface area (Å²) in [6.07, 6.45) is 7.65. The van der Waals surface area contributed by atoms with E-state index in [1.54, 1.807) is 17.5 Å². The molecular formula is C21H25N7OS2. The van der Waals surface area contributed by atoms with Crippen LogP contribution in [0.4, 0.5) is 10.8 Å². The third kappa shape index (κ3) is 4.74. The number of anilines is 2. The van der Waals surface area contributed by atoms with Gasteiger partial charge >= 0.3 is 0 Å². The largest absolute Gasteiger partial charge is 0.371 e. The molecular weight excluding hydrogens is 430 g/mol. The first kappa shape index (κ1) is 20.4. The van der Waals surface area contributed by atoms with Gasteiger partial charge in [-0.25, -0.2) is 0 Å². The maximum absolute atomic E-state index is 12.5. The Hall–Kier alpha value is -2.46. The number of carbonyl (C=O) groups is 1. The predicted molar refractivity (Wildman–Crippen MR) is 122 cm³/mol. The van der Waals surface area contributed by atoms with Gasteiger partial charge in [-0.2, -0.15) is 0 Å². The molecule has 31 heavy (non-hydrogen) atoms. The van der Waals surface area contributed by atoms with Gasteiger partial charge < -0.3 is 10.2 Å². The lowest BCUT2D eigenvalue weighted by molar-refractivity contribution is -0.115. The topological polar surface area (TPSA) is 96.8 Å². The van der Waals surface area contributed by atoms with Gasteiger partial charge in [-0.3, -0.25) is 9.78 Å². The number of aryl methyl sites for hydroxylation is 1. The van der Waals surface area contributed by atoms with Gasteiger partial charge in [-0.1, -0.05) is 17.8 Å². The first-order chi connectivity index (χ1) is 15.1. The number of aromatic nitrogens is 5. The summed E-state index contributed by atoms with van der Waals surface area (Å²) in [7, 11) is 0. The minimum absolute atomic E-state index is 0.109. The summed E-state index contributed by atoms with van der Waals surface area (Å²) >= 11 is 3.18. The molecule has 0 unspecified atom stereocenters. The molecule has 1 N–H and O–H groups in total. The highest BCUT2D eigenvalue weighted by Gasteiger charge is 2.29. The van der Waals surface area contributed by atoms with Crippen LogP contribution in [0, 0.1) is 6.92 Å². The molecule has 5 rings (SSSR count). The van der Waals surface area contributed by atoms with Crippen LogP contribution in [0.25, 0.3) is 0 Å². The average Bonchev–Trinajstić information content (AvgIpc) is 3.36. The standard InChI is InChI=1S/C21H25N7OS2/c1-13-24-25-19(30-13)14-4-2-5-15(10-14)20-26-27-21(31-20)23-18(29)12-16-11-17(6-7-22-16)28-8-3-9-28/h6-7,11,14-15H,2-5,8-10,12H2,1H3,(H,23,27,29)/t14-,15-/m0/s1. The maximum Gasteiger partial charge on any atom is 0.232 e. The fraction of sp³-hybridized carbons (Fsp3) is 0.524. The lowest BCUT2D eigenvalue weighted by Crippen LogP contribution is -2.37. The third-order valence-corrected chi connectivity index (χ3v) is 7.97. The van der Waals surface area contributed by atoms with Gasteiger partial charge in [0.05, 0.1) is 12.1 Å². The zero-order chi connectivity index (χ0) is 21.2. The number of amides is 1. The molecule has 1 aliphatic carbocycles. The summed E-state index contributed by atoms with van der Waals surface area (Å²) in [5, 5.41) is 23.7. The second kappa shape index (κ2) is 8.96. The number of rotatable bonds is 6. The molecule has 3 aromatic rings. The molecule has 4 heterocycles. The highest BCUT2D eigenvalue weighted by Crippen LogP contribution is 2.43. The zero-order valence-electron chi connectivity index (χ0n) is 17.5. The number of hydrogen-bond donors (Lipinski definition) is 1.